The van der Waals surface area contributed by atoms with Crippen LogP contribution in [0.5, 0.6) is 5.75 Å². The number of carbonyl (C=O) groups excluding carboxylic acids is 2. The summed E-state index contributed by atoms with van der Waals surface area (Å²) in [5, 5.41) is 0. The lowest BCUT2D eigenvalue weighted by molar-refractivity contribution is 0.0557. The van der Waals surface area contributed by atoms with Gasteiger partial charge in [-0.15, -0.1) is 0 Å². The topological polar surface area (TPSA) is 75.0 Å². The zero-order valence-corrected chi connectivity index (χ0v) is 11.8. The standard InChI is InChI=1S/C15H14O6/c1-18-11-7-5-4-6-9(11)13-12(15(17)20-3)10(8-21-13)14(16)19-2/h4-8H,1-3H3. The van der Waals surface area contributed by atoms with Crippen LogP contribution in [0.1, 0.15) is 20.7 Å². The molecule has 6 nitrogen and oxygen atoms in total. The van der Waals surface area contributed by atoms with Crippen molar-refractivity contribution in [3.05, 3.63) is 41.7 Å². The summed E-state index contributed by atoms with van der Waals surface area (Å²) in [5.41, 5.74) is 0.551. The number of rotatable bonds is 4. The number of carbonyl (C=O) groups is 2. The first-order valence-electron chi connectivity index (χ1n) is 6.05. The van der Waals surface area contributed by atoms with E-state index in [4.69, 9.17) is 13.9 Å². The van der Waals surface area contributed by atoms with E-state index in [1.807, 2.05) is 0 Å². The first kappa shape index (κ1) is 14.6. The zero-order chi connectivity index (χ0) is 15.4. The highest BCUT2D eigenvalue weighted by Crippen LogP contribution is 2.35. The van der Waals surface area contributed by atoms with E-state index >= 15 is 0 Å². The molecule has 0 unspecified atom stereocenters. The number of benzene rings is 1. The van der Waals surface area contributed by atoms with Gasteiger partial charge in [-0.05, 0) is 12.1 Å². The summed E-state index contributed by atoms with van der Waals surface area (Å²) < 4.78 is 20.0. The summed E-state index contributed by atoms with van der Waals surface area (Å²) in [7, 11) is 3.95. The predicted octanol–water partition coefficient (Wildman–Crippen LogP) is 2.53. The number of furan rings is 1. The van der Waals surface area contributed by atoms with Gasteiger partial charge in [-0.25, -0.2) is 9.59 Å². The van der Waals surface area contributed by atoms with Crippen molar-refractivity contribution in [3.63, 3.8) is 0 Å². The van der Waals surface area contributed by atoms with Gasteiger partial charge < -0.3 is 18.6 Å². The first-order chi connectivity index (χ1) is 10.1. The van der Waals surface area contributed by atoms with Crippen molar-refractivity contribution < 1.29 is 28.2 Å². The Kier molecular flexibility index (Phi) is 4.27. The molecular formula is C15H14O6. The summed E-state index contributed by atoms with van der Waals surface area (Å²) in [5.74, 6) is -0.668. The first-order valence-corrected chi connectivity index (χ1v) is 6.05. The molecular weight excluding hydrogens is 276 g/mol. The van der Waals surface area contributed by atoms with Crippen LogP contribution in [0.3, 0.4) is 0 Å². The fraction of sp³-hybridized carbons (Fsp3) is 0.200. The van der Waals surface area contributed by atoms with E-state index in [9.17, 15) is 9.59 Å². The molecule has 0 fully saturated rings. The van der Waals surface area contributed by atoms with Gasteiger partial charge in [0.1, 0.15) is 23.1 Å². The van der Waals surface area contributed by atoms with Crippen molar-refractivity contribution in [2.45, 2.75) is 0 Å². The molecule has 1 aromatic carbocycles. The Morgan fingerprint density at radius 1 is 1.00 bits per heavy atom. The van der Waals surface area contributed by atoms with Gasteiger partial charge in [0.2, 0.25) is 0 Å². The largest absolute Gasteiger partial charge is 0.496 e. The molecule has 0 saturated heterocycles. The maximum Gasteiger partial charge on any atom is 0.342 e. The molecule has 0 aliphatic rings. The quantitative estimate of drug-likeness (QED) is 0.805. The normalized spacial score (nSPS) is 10.0. The number of hydrogen-bond acceptors (Lipinski definition) is 6. The van der Waals surface area contributed by atoms with E-state index < -0.39 is 11.9 Å². The Bertz CT molecular complexity index is 671. The molecule has 1 heterocycles. The third kappa shape index (κ3) is 2.60. The number of ether oxygens (including phenoxy) is 3. The van der Waals surface area contributed by atoms with E-state index in [1.54, 1.807) is 24.3 Å². The molecule has 0 N–H and O–H groups in total. The van der Waals surface area contributed by atoms with Crippen LogP contribution < -0.4 is 4.74 Å². The lowest BCUT2D eigenvalue weighted by atomic mass is 10.0. The molecule has 0 radical (unpaired) electrons. The van der Waals surface area contributed by atoms with Crippen molar-refractivity contribution in [1.82, 2.24) is 0 Å². The van der Waals surface area contributed by atoms with Crippen LogP contribution in [0.4, 0.5) is 0 Å². The van der Waals surface area contributed by atoms with Gasteiger partial charge in [0.25, 0.3) is 0 Å². The average Bonchev–Trinajstić information content (AvgIpc) is 2.97. The third-order valence-corrected chi connectivity index (χ3v) is 2.94. The average molecular weight is 290 g/mol. The van der Waals surface area contributed by atoms with Crippen LogP contribution in [-0.2, 0) is 9.47 Å². The number of methoxy groups -OCH3 is 3. The molecule has 0 atom stereocenters. The highest BCUT2D eigenvalue weighted by molar-refractivity contribution is 6.07. The smallest absolute Gasteiger partial charge is 0.342 e. The van der Waals surface area contributed by atoms with E-state index in [2.05, 4.69) is 4.74 Å². The van der Waals surface area contributed by atoms with Gasteiger partial charge in [0, 0.05) is 0 Å². The molecule has 0 aliphatic carbocycles. The lowest BCUT2D eigenvalue weighted by Crippen LogP contribution is -2.10. The highest BCUT2D eigenvalue weighted by Gasteiger charge is 2.28. The number of para-hydroxylation sites is 1. The van der Waals surface area contributed by atoms with Crippen LogP contribution in [-0.4, -0.2) is 33.3 Å². The van der Waals surface area contributed by atoms with Crippen molar-refractivity contribution in [1.29, 1.82) is 0 Å². The second kappa shape index (κ2) is 6.13. The summed E-state index contributed by atoms with van der Waals surface area (Å²) in [4.78, 5) is 23.7. The van der Waals surface area contributed by atoms with Gasteiger partial charge in [-0.2, -0.15) is 0 Å². The van der Waals surface area contributed by atoms with Gasteiger partial charge in [-0.1, -0.05) is 12.1 Å². The molecule has 110 valence electrons. The molecule has 0 saturated carbocycles. The molecule has 21 heavy (non-hydrogen) atoms. The fourth-order valence-corrected chi connectivity index (χ4v) is 1.95. The summed E-state index contributed by atoms with van der Waals surface area (Å²) >= 11 is 0. The van der Waals surface area contributed by atoms with Crippen LogP contribution in [0.25, 0.3) is 11.3 Å². The van der Waals surface area contributed by atoms with Gasteiger partial charge in [0.05, 0.1) is 26.9 Å². The van der Waals surface area contributed by atoms with Crippen molar-refractivity contribution in [2.24, 2.45) is 0 Å². The number of esters is 2. The Morgan fingerprint density at radius 3 is 2.29 bits per heavy atom. The van der Waals surface area contributed by atoms with Crippen molar-refractivity contribution >= 4 is 11.9 Å². The third-order valence-electron chi connectivity index (χ3n) is 2.94. The Hall–Kier alpha value is -2.76. The number of hydrogen-bond donors (Lipinski definition) is 0. The molecule has 0 aliphatic heterocycles. The Balaban J connectivity index is 2.67. The monoisotopic (exact) mass is 290 g/mol. The maximum absolute atomic E-state index is 12.0. The fourth-order valence-electron chi connectivity index (χ4n) is 1.95. The maximum atomic E-state index is 12.0. The van der Waals surface area contributed by atoms with Gasteiger partial charge >= 0.3 is 11.9 Å². The van der Waals surface area contributed by atoms with Crippen LogP contribution in [0.15, 0.2) is 34.9 Å². The van der Waals surface area contributed by atoms with Gasteiger partial charge in [-0.3, -0.25) is 0 Å². The lowest BCUT2D eigenvalue weighted by Gasteiger charge is -2.07. The van der Waals surface area contributed by atoms with Crippen LogP contribution in [0, 0.1) is 0 Å². The van der Waals surface area contributed by atoms with E-state index in [1.165, 1.54) is 27.6 Å². The second-order valence-corrected chi connectivity index (χ2v) is 4.04. The SMILES string of the molecule is COC(=O)c1coc(-c2ccccc2OC)c1C(=O)OC. The van der Waals surface area contributed by atoms with Crippen molar-refractivity contribution in [3.8, 4) is 17.1 Å². The molecule has 6 heteroatoms. The highest BCUT2D eigenvalue weighted by atomic mass is 16.5. The van der Waals surface area contributed by atoms with E-state index in [0.29, 0.717) is 11.3 Å². The summed E-state index contributed by atoms with van der Waals surface area (Å²) in [6.07, 6.45) is 1.17. The minimum absolute atomic E-state index is 0.00487. The second-order valence-electron chi connectivity index (χ2n) is 4.04. The minimum atomic E-state index is -0.690. The van der Waals surface area contributed by atoms with Crippen LogP contribution in [0.2, 0.25) is 0 Å². The van der Waals surface area contributed by atoms with Crippen molar-refractivity contribution in [2.75, 3.05) is 21.3 Å². The van der Waals surface area contributed by atoms with E-state index in [-0.39, 0.29) is 16.9 Å². The molecule has 0 amide bonds. The molecule has 0 spiro atoms. The molecule has 2 aromatic rings. The van der Waals surface area contributed by atoms with Crippen LogP contribution >= 0.6 is 0 Å². The predicted molar refractivity (Wildman–Crippen MR) is 73.4 cm³/mol. The summed E-state index contributed by atoms with van der Waals surface area (Å²) in [6, 6.07) is 6.98. The van der Waals surface area contributed by atoms with Gasteiger partial charge in [0.15, 0.2) is 5.76 Å². The molecule has 0 bridgehead atoms. The van der Waals surface area contributed by atoms with E-state index in [0.717, 1.165) is 0 Å². The summed E-state index contributed by atoms with van der Waals surface area (Å²) in [6.45, 7) is 0. The minimum Gasteiger partial charge on any atom is -0.496 e. The zero-order valence-electron chi connectivity index (χ0n) is 11.8. The molecule has 2 rings (SSSR count). The molecule has 1 aromatic heterocycles. The Morgan fingerprint density at radius 2 is 1.67 bits per heavy atom. The Labute approximate surface area is 121 Å².